The summed E-state index contributed by atoms with van der Waals surface area (Å²) < 4.78 is 31.2. The molecule has 25 heavy (non-hydrogen) atoms. The number of anilines is 1. The summed E-state index contributed by atoms with van der Waals surface area (Å²) in [6.45, 7) is 0.745. The Labute approximate surface area is 152 Å². The zero-order chi connectivity index (χ0) is 18.4. The Morgan fingerprint density at radius 2 is 1.88 bits per heavy atom. The second-order valence-electron chi connectivity index (χ2n) is 5.20. The van der Waals surface area contributed by atoms with Crippen LogP contribution in [-0.4, -0.2) is 41.6 Å². The molecule has 2 aromatic rings. The van der Waals surface area contributed by atoms with Crippen LogP contribution in [0, 0.1) is 0 Å². The number of carbonyl (C=O) groups excluding carboxylic acids is 1. The summed E-state index contributed by atoms with van der Waals surface area (Å²) in [7, 11) is -0.726. The summed E-state index contributed by atoms with van der Waals surface area (Å²) in [5, 5.41) is 2.83. The molecule has 0 unspecified atom stereocenters. The number of rotatable bonds is 7. The first-order valence-electron chi connectivity index (χ1n) is 7.48. The van der Waals surface area contributed by atoms with Gasteiger partial charge in [0.25, 0.3) is 15.9 Å². The number of benzene rings is 2. The quantitative estimate of drug-likeness (QED) is 0.746. The van der Waals surface area contributed by atoms with Crippen molar-refractivity contribution in [3.63, 3.8) is 0 Å². The van der Waals surface area contributed by atoms with E-state index in [1.807, 2.05) is 0 Å². The minimum atomic E-state index is -3.70. The Morgan fingerprint density at radius 3 is 2.48 bits per heavy atom. The van der Waals surface area contributed by atoms with Crippen LogP contribution in [0.5, 0.6) is 0 Å². The van der Waals surface area contributed by atoms with Crippen LogP contribution in [0.3, 0.4) is 0 Å². The smallest absolute Gasteiger partial charge is 0.264 e. The van der Waals surface area contributed by atoms with Gasteiger partial charge < -0.3 is 10.1 Å². The van der Waals surface area contributed by atoms with Crippen molar-refractivity contribution in [3.8, 4) is 0 Å². The van der Waals surface area contributed by atoms with E-state index in [1.165, 1.54) is 44.5 Å². The van der Waals surface area contributed by atoms with Crippen LogP contribution in [0.15, 0.2) is 53.4 Å². The van der Waals surface area contributed by atoms with Gasteiger partial charge in [0.05, 0.1) is 27.8 Å². The Balaban J connectivity index is 2.23. The summed E-state index contributed by atoms with van der Waals surface area (Å²) in [5.74, 6) is -0.345. The molecule has 0 heterocycles. The van der Waals surface area contributed by atoms with E-state index in [1.54, 1.807) is 18.2 Å². The topological polar surface area (TPSA) is 75.7 Å². The molecule has 0 bridgehead atoms. The number of methoxy groups -OCH3 is 1. The van der Waals surface area contributed by atoms with E-state index in [9.17, 15) is 13.2 Å². The molecule has 0 spiro atoms. The van der Waals surface area contributed by atoms with Gasteiger partial charge in [-0.25, -0.2) is 8.42 Å². The van der Waals surface area contributed by atoms with E-state index in [4.69, 9.17) is 16.3 Å². The van der Waals surface area contributed by atoms with E-state index in [0.29, 0.717) is 18.8 Å². The van der Waals surface area contributed by atoms with E-state index in [0.717, 1.165) is 4.31 Å². The van der Waals surface area contributed by atoms with E-state index in [-0.39, 0.29) is 21.4 Å². The second kappa shape index (κ2) is 8.33. The fraction of sp³-hybridized carbons (Fsp3) is 0.235. The molecule has 2 aromatic carbocycles. The number of carbonyl (C=O) groups is 1. The van der Waals surface area contributed by atoms with Crippen LogP contribution in [0.25, 0.3) is 0 Å². The average Bonchev–Trinajstić information content (AvgIpc) is 2.61. The van der Waals surface area contributed by atoms with Crippen molar-refractivity contribution in [2.45, 2.75) is 4.90 Å². The summed E-state index contributed by atoms with van der Waals surface area (Å²) in [5.41, 5.74) is 0.634. The molecule has 0 saturated carbocycles. The van der Waals surface area contributed by atoms with E-state index < -0.39 is 10.0 Å². The summed E-state index contributed by atoms with van der Waals surface area (Å²) >= 11 is 6.16. The summed E-state index contributed by atoms with van der Waals surface area (Å²) in [6, 6.07) is 12.6. The molecule has 0 aliphatic carbocycles. The lowest BCUT2D eigenvalue weighted by atomic mass is 10.2. The van der Waals surface area contributed by atoms with Gasteiger partial charge in [-0.2, -0.15) is 0 Å². The SMILES string of the molecule is COCCNC(=O)c1ccc(N(C)S(=O)(=O)c2ccccc2)cc1Cl. The van der Waals surface area contributed by atoms with Crippen LogP contribution in [-0.2, 0) is 14.8 Å². The molecule has 0 aliphatic rings. The van der Waals surface area contributed by atoms with Gasteiger partial charge in [0.15, 0.2) is 0 Å². The largest absolute Gasteiger partial charge is 0.383 e. The highest BCUT2D eigenvalue weighted by Gasteiger charge is 2.22. The molecular formula is C17H19ClN2O4S. The first kappa shape index (κ1) is 19.2. The molecule has 0 radical (unpaired) electrons. The number of nitrogens with one attached hydrogen (secondary N) is 1. The van der Waals surface area contributed by atoms with Crippen molar-refractivity contribution in [1.29, 1.82) is 0 Å². The summed E-state index contributed by atoms with van der Waals surface area (Å²) in [6.07, 6.45) is 0. The minimum absolute atomic E-state index is 0.169. The molecule has 0 aliphatic heterocycles. The second-order valence-corrected chi connectivity index (χ2v) is 7.57. The molecule has 1 N–H and O–H groups in total. The van der Waals surface area contributed by atoms with Crippen LogP contribution in [0.1, 0.15) is 10.4 Å². The fourth-order valence-electron chi connectivity index (χ4n) is 2.14. The Hall–Kier alpha value is -2.09. The monoisotopic (exact) mass is 382 g/mol. The van der Waals surface area contributed by atoms with Crippen molar-refractivity contribution in [1.82, 2.24) is 5.32 Å². The van der Waals surface area contributed by atoms with Crippen molar-refractivity contribution in [2.24, 2.45) is 0 Å². The maximum absolute atomic E-state index is 12.6. The number of amides is 1. The van der Waals surface area contributed by atoms with E-state index in [2.05, 4.69) is 5.32 Å². The van der Waals surface area contributed by atoms with Gasteiger partial charge in [-0.3, -0.25) is 9.10 Å². The van der Waals surface area contributed by atoms with Gasteiger partial charge in [-0.1, -0.05) is 29.8 Å². The van der Waals surface area contributed by atoms with E-state index >= 15 is 0 Å². The zero-order valence-electron chi connectivity index (χ0n) is 13.9. The van der Waals surface area contributed by atoms with Crippen molar-refractivity contribution < 1.29 is 17.9 Å². The molecular weight excluding hydrogens is 364 g/mol. The van der Waals surface area contributed by atoms with Gasteiger partial charge >= 0.3 is 0 Å². The van der Waals surface area contributed by atoms with Crippen LogP contribution in [0.2, 0.25) is 5.02 Å². The van der Waals surface area contributed by atoms with Crippen molar-refractivity contribution in [2.75, 3.05) is 31.6 Å². The average molecular weight is 383 g/mol. The molecule has 134 valence electrons. The highest BCUT2D eigenvalue weighted by molar-refractivity contribution is 7.92. The highest BCUT2D eigenvalue weighted by atomic mass is 35.5. The van der Waals surface area contributed by atoms with Gasteiger partial charge in [-0.15, -0.1) is 0 Å². The molecule has 8 heteroatoms. The molecule has 0 atom stereocenters. The molecule has 0 aromatic heterocycles. The molecule has 0 saturated heterocycles. The summed E-state index contributed by atoms with van der Waals surface area (Å²) in [4.78, 5) is 12.2. The standard InChI is InChI=1S/C17H19ClN2O4S/c1-20(25(22,23)14-6-4-3-5-7-14)13-8-9-15(16(18)12-13)17(21)19-10-11-24-2/h3-9,12H,10-11H2,1-2H3,(H,19,21). The zero-order valence-corrected chi connectivity index (χ0v) is 15.5. The number of hydrogen-bond acceptors (Lipinski definition) is 4. The molecule has 1 amide bonds. The fourth-order valence-corrected chi connectivity index (χ4v) is 3.60. The normalized spacial score (nSPS) is 11.2. The van der Waals surface area contributed by atoms with Gasteiger partial charge in [0, 0.05) is 20.7 Å². The predicted molar refractivity (Wildman–Crippen MR) is 97.7 cm³/mol. The number of nitrogens with zero attached hydrogens (tertiary/aromatic N) is 1. The molecule has 2 rings (SSSR count). The maximum Gasteiger partial charge on any atom is 0.264 e. The number of ether oxygens (including phenoxy) is 1. The van der Waals surface area contributed by atoms with Crippen molar-refractivity contribution >= 4 is 33.2 Å². The Morgan fingerprint density at radius 1 is 1.20 bits per heavy atom. The lowest BCUT2D eigenvalue weighted by molar-refractivity contribution is 0.0937. The van der Waals surface area contributed by atoms with Crippen molar-refractivity contribution in [3.05, 3.63) is 59.1 Å². The minimum Gasteiger partial charge on any atom is -0.383 e. The number of sulfonamides is 1. The third-order valence-corrected chi connectivity index (χ3v) is 5.67. The first-order chi connectivity index (χ1) is 11.9. The van der Waals surface area contributed by atoms with Gasteiger partial charge in [0.2, 0.25) is 0 Å². The lowest BCUT2D eigenvalue weighted by Crippen LogP contribution is -2.28. The molecule has 6 nitrogen and oxygen atoms in total. The first-order valence-corrected chi connectivity index (χ1v) is 9.30. The number of halogens is 1. The Kier molecular flexibility index (Phi) is 6.41. The van der Waals surface area contributed by atoms with Crippen LogP contribution < -0.4 is 9.62 Å². The lowest BCUT2D eigenvalue weighted by Gasteiger charge is -2.20. The number of hydrogen-bond donors (Lipinski definition) is 1. The van der Waals surface area contributed by atoms with Gasteiger partial charge in [0.1, 0.15) is 0 Å². The highest BCUT2D eigenvalue weighted by Crippen LogP contribution is 2.27. The van der Waals surface area contributed by atoms with Crippen LogP contribution in [0.4, 0.5) is 5.69 Å². The third-order valence-electron chi connectivity index (χ3n) is 3.55. The van der Waals surface area contributed by atoms with Crippen LogP contribution >= 0.6 is 11.6 Å². The molecule has 0 fully saturated rings. The maximum atomic E-state index is 12.6. The Bertz CT molecular complexity index is 841. The predicted octanol–water partition coefficient (Wildman–Crippen LogP) is 2.54. The van der Waals surface area contributed by atoms with Gasteiger partial charge in [-0.05, 0) is 30.3 Å². The third kappa shape index (κ3) is 4.50.